The third-order valence-corrected chi connectivity index (χ3v) is 3.93. The van der Waals surface area contributed by atoms with Crippen LogP contribution in [-0.4, -0.2) is 10.8 Å². The van der Waals surface area contributed by atoms with Crippen LogP contribution in [-0.2, 0) is 6.42 Å². The summed E-state index contributed by atoms with van der Waals surface area (Å²) >= 11 is 0. The lowest BCUT2D eigenvalue weighted by Gasteiger charge is -2.31. The molecule has 1 heterocycles. The predicted molar refractivity (Wildman–Crippen MR) is 57.8 cm³/mol. The number of nitrogens with zero attached hydrogens (tertiary/aromatic N) is 1. The van der Waals surface area contributed by atoms with Crippen molar-refractivity contribution in [3.63, 3.8) is 0 Å². The van der Waals surface area contributed by atoms with Crippen molar-refractivity contribution in [3.05, 3.63) is 29.6 Å². The minimum absolute atomic E-state index is 0.0606. The van der Waals surface area contributed by atoms with Gasteiger partial charge in [0.15, 0.2) is 5.78 Å². The first-order valence-corrected chi connectivity index (χ1v) is 5.81. The summed E-state index contributed by atoms with van der Waals surface area (Å²) in [6, 6.07) is 3.81. The summed E-state index contributed by atoms with van der Waals surface area (Å²) in [6.07, 6.45) is 8.54. The largest absolute Gasteiger partial charge is 0.293 e. The number of carbonyl (C=O) groups is 1. The third kappa shape index (κ3) is 1.24. The Bertz CT molecular complexity index is 405. The number of pyridine rings is 1. The molecule has 1 aromatic heterocycles. The molecule has 1 spiro atoms. The molecule has 0 radical (unpaired) electrons. The van der Waals surface area contributed by atoms with E-state index in [1.54, 1.807) is 6.20 Å². The number of rotatable bonds is 0. The van der Waals surface area contributed by atoms with Gasteiger partial charge in [0, 0.05) is 23.6 Å². The van der Waals surface area contributed by atoms with Gasteiger partial charge in [-0.05, 0) is 25.0 Å². The van der Waals surface area contributed by atoms with Gasteiger partial charge in [0.05, 0.1) is 5.69 Å². The first kappa shape index (κ1) is 9.08. The van der Waals surface area contributed by atoms with Crippen molar-refractivity contribution in [2.24, 2.45) is 5.41 Å². The Hall–Kier alpha value is -1.18. The van der Waals surface area contributed by atoms with E-state index in [0.29, 0.717) is 5.78 Å². The number of ketones is 1. The van der Waals surface area contributed by atoms with Gasteiger partial charge >= 0.3 is 0 Å². The lowest BCUT2D eigenvalue weighted by atomic mass is 9.71. The Labute approximate surface area is 89.7 Å². The fraction of sp³-hybridized carbons (Fsp3) is 0.538. The van der Waals surface area contributed by atoms with Crippen molar-refractivity contribution in [1.82, 2.24) is 4.98 Å². The number of aromatic nitrogens is 1. The molecule has 78 valence electrons. The van der Waals surface area contributed by atoms with Crippen molar-refractivity contribution >= 4 is 5.78 Å². The minimum atomic E-state index is -0.0606. The molecular formula is C13H15NO. The third-order valence-electron chi connectivity index (χ3n) is 3.93. The lowest BCUT2D eigenvalue weighted by molar-refractivity contribution is 0.0747. The van der Waals surface area contributed by atoms with Crippen molar-refractivity contribution in [1.29, 1.82) is 0 Å². The zero-order valence-corrected chi connectivity index (χ0v) is 8.83. The Morgan fingerprint density at radius 2 is 2.00 bits per heavy atom. The lowest BCUT2D eigenvalue weighted by Crippen LogP contribution is -2.30. The molecule has 2 aliphatic rings. The van der Waals surface area contributed by atoms with E-state index in [1.807, 2.05) is 12.1 Å². The first-order chi connectivity index (χ1) is 7.32. The Morgan fingerprint density at radius 1 is 1.20 bits per heavy atom. The van der Waals surface area contributed by atoms with Crippen molar-refractivity contribution in [3.8, 4) is 0 Å². The van der Waals surface area contributed by atoms with Crippen LogP contribution in [0.25, 0.3) is 0 Å². The van der Waals surface area contributed by atoms with Crippen LogP contribution in [0.5, 0.6) is 0 Å². The number of Topliss-reactive ketones (excluding diaryl/α,β-unsaturated/α-hetero) is 1. The van der Waals surface area contributed by atoms with Gasteiger partial charge in [-0.3, -0.25) is 9.78 Å². The van der Waals surface area contributed by atoms with Crippen molar-refractivity contribution < 1.29 is 4.79 Å². The monoisotopic (exact) mass is 201 g/mol. The average Bonchev–Trinajstić information content (AvgIpc) is 2.54. The Kier molecular flexibility index (Phi) is 1.91. The Balaban J connectivity index is 2.01. The summed E-state index contributed by atoms with van der Waals surface area (Å²) in [4.78, 5) is 16.7. The number of hydrogen-bond donors (Lipinski definition) is 0. The predicted octanol–water partition coefficient (Wildman–Crippen LogP) is 2.77. The maximum atomic E-state index is 12.3. The van der Waals surface area contributed by atoms with Crippen molar-refractivity contribution in [2.45, 2.75) is 38.5 Å². The molecule has 0 saturated heterocycles. The van der Waals surface area contributed by atoms with E-state index in [-0.39, 0.29) is 5.41 Å². The van der Waals surface area contributed by atoms with E-state index in [0.717, 1.165) is 30.5 Å². The fourth-order valence-corrected chi connectivity index (χ4v) is 3.10. The molecule has 0 bridgehead atoms. The van der Waals surface area contributed by atoms with Gasteiger partial charge in [-0.15, -0.1) is 0 Å². The highest BCUT2D eigenvalue weighted by Crippen LogP contribution is 2.46. The van der Waals surface area contributed by atoms with Gasteiger partial charge < -0.3 is 0 Å². The molecule has 0 atom stereocenters. The minimum Gasteiger partial charge on any atom is -0.293 e. The van der Waals surface area contributed by atoms with Gasteiger partial charge in [0.25, 0.3) is 0 Å². The molecule has 0 unspecified atom stereocenters. The summed E-state index contributed by atoms with van der Waals surface area (Å²) < 4.78 is 0. The van der Waals surface area contributed by atoms with Gasteiger partial charge in [0.1, 0.15) is 0 Å². The molecule has 0 N–H and O–H groups in total. The van der Waals surface area contributed by atoms with Gasteiger partial charge in [-0.1, -0.05) is 19.3 Å². The Morgan fingerprint density at radius 3 is 2.73 bits per heavy atom. The van der Waals surface area contributed by atoms with E-state index in [9.17, 15) is 4.79 Å². The van der Waals surface area contributed by atoms with Gasteiger partial charge in [-0.25, -0.2) is 0 Å². The molecular weight excluding hydrogens is 186 g/mol. The second kappa shape index (κ2) is 3.16. The quantitative estimate of drug-likeness (QED) is 0.646. The summed E-state index contributed by atoms with van der Waals surface area (Å²) in [5.41, 5.74) is 1.86. The highest BCUT2D eigenvalue weighted by Gasteiger charge is 2.46. The van der Waals surface area contributed by atoms with Crippen molar-refractivity contribution in [2.75, 3.05) is 0 Å². The summed E-state index contributed by atoms with van der Waals surface area (Å²) in [5, 5.41) is 0. The molecule has 2 nitrogen and oxygen atoms in total. The first-order valence-electron chi connectivity index (χ1n) is 5.81. The SMILES string of the molecule is O=C1c2cccnc2CC12CCCCC2. The van der Waals surface area contributed by atoms with E-state index >= 15 is 0 Å². The fourth-order valence-electron chi connectivity index (χ4n) is 3.10. The maximum absolute atomic E-state index is 12.3. The molecule has 2 aliphatic carbocycles. The number of hydrogen-bond acceptors (Lipinski definition) is 2. The summed E-state index contributed by atoms with van der Waals surface area (Å²) in [7, 11) is 0. The van der Waals surface area contributed by atoms with Crippen LogP contribution in [0.15, 0.2) is 18.3 Å². The second-order valence-electron chi connectivity index (χ2n) is 4.84. The highest BCUT2D eigenvalue weighted by molar-refractivity contribution is 6.04. The molecule has 0 aromatic carbocycles. The average molecular weight is 201 g/mol. The molecule has 1 aromatic rings. The molecule has 3 rings (SSSR count). The molecule has 15 heavy (non-hydrogen) atoms. The van der Waals surface area contributed by atoms with Crippen LogP contribution in [0.3, 0.4) is 0 Å². The molecule has 1 saturated carbocycles. The second-order valence-corrected chi connectivity index (χ2v) is 4.84. The van der Waals surface area contributed by atoms with Crippen LogP contribution >= 0.6 is 0 Å². The topological polar surface area (TPSA) is 30.0 Å². The van der Waals surface area contributed by atoms with E-state index < -0.39 is 0 Å². The maximum Gasteiger partial charge on any atom is 0.171 e. The van der Waals surface area contributed by atoms with E-state index in [1.165, 1.54) is 19.3 Å². The summed E-state index contributed by atoms with van der Waals surface area (Å²) in [6.45, 7) is 0. The van der Waals surface area contributed by atoms with Crippen LogP contribution in [0.2, 0.25) is 0 Å². The molecule has 0 aliphatic heterocycles. The van der Waals surface area contributed by atoms with Crippen LogP contribution in [0.1, 0.15) is 48.2 Å². The smallest absolute Gasteiger partial charge is 0.171 e. The van der Waals surface area contributed by atoms with E-state index in [4.69, 9.17) is 0 Å². The zero-order chi connectivity index (χ0) is 10.3. The zero-order valence-electron chi connectivity index (χ0n) is 8.83. The van der Waals surface area contributed by atoms with Crippen LogP contribution in [0.4, 0.5) is 0 Å². The number of carbonyl (C=O) groups excluding carboxylic acids is 1. The van der Waals surface area contributed by atoms with E-state index in [2.05, 4.69) is 4.98 Å². The molecule has 0 amide bonds. The normalized spacial score (nSPS) is 23.1. The summed E-state index contributed by atoms with van der Waals surface area (Å²) in [5.74, 6) is 0.366. The molecule has 1 fully saturated rings. The van der Waals surface area contributed by atoms with Gasteiger partial charge in [0.2, 0.25) is 0 Å². The van der Waals surface area contributed by atoms with Crippen LogP contribution in [0, 0.1) is 5.41 Å². The van der Waals surface area contributed by atoms with Crippen LogP contribution < -0.4 is 0 Å². The standard InChI is InChI=1S/C13H15NO/c15-12-10-5-4-8-14-11(10)9-13(12)6-2-1-3-7-13/h4-5,8H,1-3,6-7,9H2. The highest BCUT2D eigenvalue weighted by atomic mass is 16.1. The van der Waals surface area contributed by atoms with Gasteiger partial charge in [-0.2, -0.15) is 0 Å². The molecule has 2 heteroatoms. The number of fused-ring (bicyclic) bond motifs is 1.